The highest BCUT2D eigenvalue weighted by molar-refractivity contribution is 6.01. The van der Waals surface area contributed by atoms with Gasteiger partial charge in [0.1, 0.15) is 0 Å². The minimum absolute atomic E-state index is 0.0653. The van der Waals surface area contributed by atoms with E-state index in [1.54, 1.807) is 0 Å². The summed E-state index contributed by atoms with van der Waals surface area (Å²) in [5.41, 5.74) is 3.39. The van der Waals surface area contributed by atoms with E-state index in [1.165, 1.54) is 11.1 Å². The number of nitrogens with zero attached hydrogens (tertiary/aromatic N) is 2. The van der Waals surface area contributed by atoms with Crippen LogP contribution in [0.2, 0.25) is 0 Å². The number of amides is 2. The highest BCUT2D eigenvalue weighted by Crippen LogP contribution is 2.34. The van der Waals surface area contributed by atoms with Crippen LogP contribution in [-0.2, 0) is 9.59 Å². The van der Waals surface area contributed by atoms with Gasteiger partial charge in [-0.3, -0.25) is 9.59 Å². The molecule has 2 amide bonds. The van der Waals surface area contributed by atoms with Crippen molar-refractivity contribution in [1.29, 1.82) is 0 Å². The van der Waals surface area contributed by atoms with Crippen LogP contribution in [0.5, 0.6) is 0 Å². The second kappa shape index (κ2) is 7.42. The number of likely N-dealkylation sites (tertiary alicyclic amines) is 1. The number of carbonyl (C=O) groups is 2. The molecule has 2 aliphatic heterocycles. The summed E-state index contributed by atoms with van der Waals surface area (Å²) in [5, 5.41) is 0. The van der Waals surface area contributed by atoms with Crippen LogP contribution in [0.25, 0.3) is 0 Å². The Morgan fingerprint density at radius 1 is 1.28 bits per heavy atom. The SMILES string of the molecule is C=C1CCN(C(=O)C2CC(=O)N(c3ccccc3C(C)CC)C2)CC1. The number of anilines is 1. The summed E-state index contributed by atoms with van der Waals surface area (Å²) in [7, 11) is 0. The minimum atomic E-state index is -0.219. The molecular formula is C21H28N2O2. The molecule has 1 aromatic carbocycles. The second-order valence-electron chi connectivity index (χ2n) is 7.35. The number of hydrogen-bond donors (Lipinski definition) is 0. The van der Waals surface area contributed by atoms with E-state index in [0.29, 0.717) is 18.9 Å². The number of rotatable bonds is 4. The van der Waals surface area contributed by atoms with Gasteiger partial charge in [-0.05, 0) is 36.8 Å². The Hall–Kier alpha value is -2.10. The van der Waals surface area contributed by atoms with Crippen LogP contribution >= 0.6 is 0 Å². The zero-order chi connectivity index (χ0) is 18.0. The zero-order valence-electron chi connectivity index (χ0n) is 15.3. The fraction of sp³-hybridized carbons (Fsp3) is 0.524. The summed E-state index contributed by atoms with van der Waals surface area (Å²) in [5.74, 6) is 0.371. The third kappa shape index (κ3) is 3.63. The molecule has 0 bridgehead atoms. The molecule has 0 aromatic heterocycles. The Balaban J connectivity index is 1.75. The maximum absolute atomic E-state index is 12.8. The molecule has 2 unspecified atom stereocenters. The zero-order valence-corrected chi connectivity index (χ0v) is 15.3. The van der Waals surface area contributed by atoms with Crippen LogP contribution in [0, 0.1) is 5.92 Å². The van der Waals surface area contributed by atoms with Gasteiger partial charge in [0, 0.05) is 31.7 Å². The van der Waals surface area contributed by atoms with E-state index in [2.05, 4.69) is 26.5 Å². The van der Waals surface area contributed by atoms with Crippen LogP contribution in [0.15, 0.2) is 36.4 Å². The van der Waals surface area contributed by atoms with Crippen molar-refractivity contribution in [2.75, 3.05) is 24.5 Å². The molecule has 2 fully saturated rings. The summed E-state index contributed by atoms with van der Waals surface area (Å²) in [6.45, 7) is 10.3. The van der Waals surface area contributed by atoms with Crippen molar-refractivity contribution >= 4 is 17.5 Å². The van der Waals surface area contributed by atoms with Gasteiger partial charge < -0.3 is 9.80 Å². The van der Waals surface area contributed by atoms with Gasteiger partial charge in [0.15, 0.2) is 0 Å². The minimum Gasteiger partial charge on any atom is -0.342 e. The van der Waals surface area contributed by atoms with E-state index < -0.39 is 0 Å². The van der Waals surface area contributed by atoms with Crippen molar-refractivity contribution in [3.8, 4) is 0 Å². The van der Waals surface area contributed by atoms with Crippen molar-refractivity contribution in [2.45, 2.75) is 45.4 Å². The summed E-state index contributed by atoms with van der Waals surface area (Å²) in [4.78, 5) is 29.2. The molecule has 2 atom stereocenters. The predicted octanol–water partition coefficient (Wildman–Crippen LogP) is 3.73. The fourth-order valence-electron chi connectivity index (χ4n) is 3.78. The number of piperidine rings is 1. The first-order chi connectivity index (χ1) is 12.0. The standard InChI is InChI=1S/C21H28N2O2/c1-4-16(3)18-7-5-6-8-19(18)23-14-17(13-20(23)24)21(25)22-11-9-15(2)10-12-22/h5-8,16-17H,2,4,9-14H2,1,3H3. The van der Waals surface area contributed by atoms with Crippen molar-refractivity contribution < 1.29 is 9.59 Å². The number of carbonyl (C=O) groups excluding carboxylic acids is 2. The number of benzene rings is 1. The molecule has 0 saturated carbocycles. The molecule has 2 aliphatic rings. The van der Waals surface area contributed by atoms with Crippen LogP contribution in [0.1, 0.15) is 51.0 Å². The fourth-order valence-corrected chi connectivity index (χ4v) is 3.78. The quantitative estimate of drug-likeness (QED) is 0.784. The first-order valence-electron chi connectivity index (χ1n) is 9.36. The molecule has 4 nitrogen and oxygen atoms in total. The molecule has 2 saturated heterocycles. The first kappa shape index (κ1) is 17.7. The van der Waals surface area contributed by atoms with Gasteiger partial charge in [0.2, 0.25) is 11.8 Å². The third-order valence-electron chi connectivity index (χ3n) is 5.63. The molecule has 2 heterocycles. The molecule has 0 aliphatic carbocycles. The highest BCUT2D eigenvalue weighted by atomic mass is 16.2. The lowest BCUT2D eigenvalue weighted by molar-refractivity contribution is -0.136. The lowest BCUT2D eigenvalue weighted by Crippen LogP contribution is -2.41. The number of hydrogen-bond acceptors (Lipinski definition) is 2. The second-order valence-corrected chi connectivity index (χ2v) is 7.35. The van der Waals surface area contributed by atoms with Gasteiger partial charge >= 0.3 is 0 Å². The first-order valence-corrected chi connectivity index (χ1v) is 9.36. The molecule has 0 N–H and O–H groups in total. The lowest BCUT2D eigenvalue weighted by Gasteiger charge is -2.30. The van der Waals surface area contributed by atoms with Gasteiger partial charge in [-0.2, -0.15) is 0 Å². The Morgan fingerprint density at radius 2 is 1.96 bits per heavy atom. The van der Waals surface area contributed by atoms with E-state index in [-0.39, 0.29) is 17.7 Å². The predicted molar refractivity (Wildman–Crippen MR) is 101 cm³/mol. The summed E-state index contributed by atoms with van der Waals surface area (Å²) < 4.78 is 0. The van der Waals surface area contributed by atoms with Gasteiger partial charge in [0.05, 0.1) is 5.92 Å². The van der Waals surface area contributed by atoms with E-state index >= 15 is 0 Å². The van der Waals surface area contributed by atoms with Crippen molar-refractivity contribution in [3.63, 3.8) is 0 Å². The van der Waals surface area contributed by atoms with Gasteiger partial charge in [-0.1, -0.05) is 44.2 Å². The average molecular weight is 340 g/mol. The smallest absolute Gasteiger partial charge is 0.228 e. The van der Waals surface area contributed by atoms with Gasteiger partial charge in [0.25, 0.3) is 0 Å². The molecular weight excluding hydrogens is 312 g/mol. The molecule has 134 valence electrons. The lowest BCUT2D eigenvalue weighted by atomic mass is 9.96. The van der Waals surface area contributed by atoms with E-state index in [4.69, 9.17) is 0 Å². The Labute approximate surface area is 150 Å². The maximum atomic E-state index is 12.8. The monoisotopic (exact) mass is 340 g/mol. The molecule has 0 spiro atoms. The highest BCUT2D eigenvalue weighted by Gasteiger charge is 2.38. The molecule has 4 heteroatoms. The van der Waals surface area contributed by atoms with E-state index in [1.807, 2.05) is 28.0 Å². The van der Waals surface area contributed by atoms with E-state index in [9.17, 15) is 9.59 Å². The van der Waals surface area contributed by atoms with Crippen LogP contribution < -0.4 is 4.90 Å². The maximum Gasteiger partial charge on any atom is 0.228 e. The van der Waals surface area contributed by atoms with Crippen molar-refractivity contribution in [2.24, 2.45) is 5.92 Å². The summed E-state index contributed by atoms with van der Waals surface area (Å²) in [6, 6.07) is 8.11. The van der Waals surface area contributed by atoms with Crippen LogP contribution in [0.3, 0.4) is 0 Å². The molecule has 25 heavy (non-hydrogen) atoms. The summed E-state index contributed by atoms with van der Waals surface area (Å²) >= 11 is 0. The molecule has 0 radical (unpaired) electrons. The van der Waals surface area contributed by atoms with Crippen LogP contribution in [0.4, 0.5) is 5.69 Å². The average Bonchev–Trinajstić information content (AvgIpc) is 3.02. The molecule has 3 rings (SSSR count). The topological polar surface area (TPSA) is 40.6 Å². The Bertz CT molecular complexity index is 672. The van der Waals surface area contributed by atoms with Gasteiger partial charge in [-0.25, -0.2) is 0 Å². The van der Waals surface area contributed by atoms with Crippen molar-refractivity contribution in [1.82, 2.24) is 4.90 Å². The Kier molecular flexibility index (Phi) is 5.26. The van der Waals surface area contributed by atoms with Crippen LogP contribution in [-0.4, -0.2) is 36.3 Å². The number of para-hydroxylation sites is 1. The third-order valence-corrected chi connectivity index (χ3v) is 5.63. The Morgan fingerprint density at radius 3 is 2.64 bits per heavy atom. The largest absolute Gasteiger partial charge is 0.342 e. The van der Waals surface area contributed by atoms with E-state index in [0.717, 1.165) is 38.0 Å². The molecule has 1 aromatic rings. The van der Waals surface area contributed by atoms with Gasteiger partial charge in [-0.15, -0.1) is 0 Å². The van der Waals surface area contributed by atoms with Crippen molar-refractivity contribution in [3.05, 3.63) is 42.0 Å². The summed E-state index contributed by atoms with van der Waals surface area (Å²) in [6.07, 6.45) is 3.12. The normalized spacial score (nSPS) is 22.4.